The number of hydrogen-bond acceptors (Lipinski definition) is 3. The molecule has 0 aliphatic heterocycles. The van der Waals surface area contributed by atoms with Crippen LogP contribution in [-0.4, -0.2) is 36.6 Å². The third kappa shape index (κ3) is 4.58. The standard InChI is InChI=1S/C22H24N2O3S/c1-17-9-11-20(12-10-17)28(26,27)24(14-5-6-18(2)25)15-13-19-16-23-22-8-4-3-7-21(19)22/h3-12,16,23H,13-15H2,1-2H3/b6-5+. The monoisotopic (exact) mass is 396 g/mol. The summed E-state index contributed by atoms with van der Waals surface area (Å²) in [7, 11) is -3.66. The summed E-state index contributed by atoms with van der Waals surface area (Å²) in [6.45, 7) is 3.83. The van der Waals surface area contributed by atoms with Crippen molar-refractivity contribution >= 4 is 26.7 Å². The summed E-state index contributed by atoms with van der Waals surface area (Å²) in [4.78, 5) is 14.7. The number of hydrogen-bond donors (Lipinski definition) is 1. The van der Waals surface area contributed by atoms with E-state index in [1.54, 1.807) is 30.3 Å². The summed E-state index contributed by atoms with van der Waals surface area (Å²) in [6, 6.07) is 14.8. The highest BCUT2D eigenvalue weighted by molar-refractivity contribution is 7.89. The van der Waals surface area contributed by atoms with Crippen molar-refractivity contribution in [3.05, 3.63) is 78.0 Å². The number of allylic oxidation sites excluding steroid dienone is 1. The zero-order valence-corrected chi connectivity index (χ0v) is 16.9. The first-order valence-corrected chi connectivity index (χ1v) is 10.6. The van der Waals surface area contributed by atoms with Gasteiger partial charge in [-0.25, -0.2) is 8.42 Å². The van der Waals surface area contributed by atoms with Gasteiger partial charge in [-0.15, -0.1) is 0 Å². The van der Waals surface area contributed by atoms with E-state index in [2.05, 4.69) is 4.98 Å². The average Bonchev–Trinajstić information content (AvgIpc) is 3.07. The predicted octanol–water partition coefficient (Wildman–Crippen LogP) is 3.85. The Bertz CT molecular complexity index is 1100. The van der Waals surface area contributed by atoms with Gasteiger partial charge in [0.2, 0.25) is 10.0 Å². The van der Waals surface area contributed by atoms with Gasteiger partial charge >= 0.3 is 0 Å². The van der Waals surface area contributed by atoms with Gasteiger partial charge in [0.1, 0.15) is 0 Å². The first-order valence-electron chi connectivity index (χ1n) is 9.17. The number of H-pyrrole nitrogens is 1. The first-order chi connectivity index (χ1) is 13.4. The van der Waals surface area contributed by atoms with Crippen LogP contribution in [-0.2, 0) is 21.2 Å². The van der Waals surface area contributed by atoms with Gasteiger partial charge in [-0.05, 0) is 50.1 Å². The molecule has 1 N–H and O–H groups in total. The molecule has 6 heteroatoms. The van der Waals surface area contributed by atoms with Gasteiger partial charge in [0, 0.05) is 30.2 Å². The Balaban J connectivity index is 1.85. The molecule has 0 unspecified atom stereocenters. The molecule has 0 radical (unpaired) electrons. The summed E-state index contributed by atoms with van der Waals surface area (Å²) in [6.07, 6.45) is 5.50. The molecule has 0 saturated heterocycles. The molecular weight excluding hydrogens is 372 g/mol. The molecule has 3 rings (SSSR count). The molecule has 28 heavy (non-hydrogen) atoms. The molecule has 0 atom stereocenters. The number of rotatable bonds is 8. The first kappa shape index (κ1) is 20.0. The van der Waals surface area contributed by atoms with Gasteiger partial charge in [0.25, 0.3) is 0 Å². The number of carbonyl (C=O) groups excluding carboxylic acids is 1. The maximum atomic E-state index is 13.1. The van der Waals surface area contributed by atoms with Crippen molar-refractivity contribution in [2.24, 2.45) is 0 Å². The molecule has 0 amide bonds. The molecule has 0 spiro atoms. The summed E-state index contributed by atoms with van der Waals surface area (Å²) in [5, 5.41) is 1.09. The average molecular weight is 397 g/mol. The van der Waals surface area contributed by atoms with Gasteiger partial charge in [0.15, 0.2) is 5.78 Å². The largest absolute Gasteiger partial charge is 0.361 e. The van der Waals surface area contributed by atoms with Gasteiger partial charge < -0.3 is 4.98 Å². The van der Waals surface area contributed by atoms with Crippen LogP contribution in [0.15, 0.2) is 71.8 Å². The van der Waals surface area contributed by atoms with Crippen LogP contribution >= 0.6 is 0 Å². The number of para-hydroxylation sites is 1. The number of nitrogens with zero attached hydrogens (tertiary/aromatic N) is 1. The van der Waals surface area contributed by atoms with Crippen molar-refractivity contribution in [2.75, 3.05) is 13.1 Å². The third-order valence-electron chi connectivity index (χ3n) is 4.63. The van der Waals surface area contributed by atoms with Gasteiger partial charge in [-0.2, -0.15) is 4.31 Å². The highest BCUT2D eigenvalue weighted by Crippen LogP contribution is 2.21. The lowest BCUT2D eigenvalue weighted by Crippen LogP contribution is -2.33. The van der Waals surface area contributed by atoms with Crippen LogP contribution in [0.4, 0.5) is 0 Å². The lowest BCUT2D eigenvalue weighted by molar-refractivity contribution is -0.112. The maximum absolute atomic E-state index is 13.1. The van der Waals surface area contributed by atoms with E-state index in [1.165, 1.54) is 17.3 Å². The number of fused-ring (bicyclic) bond motifs is 1. The topological polar surface area (TPSA) is 70.2 Å². The Hall–Kier alpha value is -2.70. The molecule has 5 nitrogen and oxygen atoms in total. The molecule has 0 bridgehead atoms. The van der Waals surface area contributed by atoms with E-state index >= 15 is 0 Å². The van der Waals surface area contributed by atoms with Crippen molar-refractivity contribution in [3.8, 4) is 0 Å². The Kier molecular flexibility index (Phi) is 6.11. The predicted molar refractivity (Wildman–Crippen MR) is 112 cm³/mol. The van der Waals surface area contributed by atoms with Crippen LogP contribution < -0.4 is 0 Å². The number of nitrogens with one attached hydrogen (secondary N) is 1. The molecule has 146 valence electrons. The molecular formula is C22H24N2O3S. The highest BCUT2D eigenvalue weighted by atomic mass is 32.2. The van der Waals surface area contributed by atoms with Crippen LogP contribution in [0.5, 0.6) is 0 Å². The summed E-state index contributed by atoms with van der Waals surface area (Å²) >= 11 is 0. The Morgan fingerprint density at radius 1 is 1.11 bits per heavy atom. The number of ketones is 1. The fraction of sp³-hybridized carbons (Fsp3) is 0.227. The summed E-state index contributed by atoms with van der Waals surface area (Å²) < 4.78 is 27.7. The number of carbonyl (C=O) groups is 1. The SMILES string of the molecule is CC(=O)/C=C/CN(CCc1c[nH]c2ccccc12)S(=O)(=O)c1ccc(C)cc1. The van der Waals surface area contributed by atoms with E-state index < -0.39 is 10.0 Å². The lowest BCUT2D eigenvalue weighted by atomic mass is 10.1. The van der Waals surface area contributed by atoms with E-state index in [4.69, 9.17) is 0 Å². The maximum Gasteiger partial charge on any atom is 0.243 e. The summed E-state index contributed by atoms with van der Waals surface area (Å²) in [5.74, 6) is -0.107. The molecule has 2 aromatic carbocycles. The zero-order valence-electron chi connectivity index (χ0n) is 16.1. The molecule has 1 aromatic heterocycles. The minimum atomic E-state index is -3.66. The molecule has 0 fully saturated rings. The lowest BCUT2D eigenvalue weighted by Gasteiger charge is -2.21. The van der Waals surface area contributed by atoms with Gasteiger partial charge in [-0.1, -0.05) is 42.0 Å². The third-order valence-corrected chi connectivity index (χ3v) is 6.51. The number of aromatic amines is 1. The number of benzene rings is 2. The number of aryl methyl sites for hydroxylation is 1. The van der Waals surface area contributed by atoms with E-state index in [-0.39, 0.29) is 17.2 Å². The molecule has 0 saturated carbocycles. The van der Waals surface area contributed by atoms with Crippen LogP contribution in [0.3, 0.4) is 0 Å². The smallest absolute Gasteiger partial charge is 0.243 e. The second-order valence-electron chi connectivity index (χ2n) is 6.80. The van der Waals surface area contributed by atoms with E-state index in [9.17, 15) is 13.2 Å². The van der Waals surface area contributed by atoms with Crippen molar-refractivity contribution in [1.29, 1.82) is 0 Å². The fourth-order valence-corrected chi connectivity index (χ4v) is 4.48. The second kappa shape index (κ2) is 8.54. The number of aromatic nitrogens is 1. The van der Waals surface area contributed by atoms with Crippen molar-refractivity contribution < 1.29 is 13.2 Å². The molecule has 0 aliphatic rings. The molecule has 1 heterocycles. The van der Waals surface area contributed by atoms with Crippen molar-refractivity contribution in [3.63, 3.8) is 0 Å². The van der Waals surface area contributed by atoms with Crippen LogP contribution in [0.25, 0.3) is 10.9 Å². The van der Waals surface area contributed by atoms with Crippen molar-refractivity contribution in [2.45, 2.75) is 25.2 Å². The van der Waals surface area contributed by atoms with Crippen LogP contribution in [0, 0.1) is 6.92 Å². The fourth-order valence-electron chi connectivity index (χ4n) is 3.09. The van der Waals surface area contributed by atoms with Crippen molar-refractivity contribution in [1.82, 2.24) is 9.29 Å². The van der Waals surface area contributed by atoms with Gasteiger partial charge in [0.05, 0.1) is 4.90 Å². The summed E-state index contributed by atoms with van der Waals surface area (Å²) in [5.41, 5.74) is 3.10. The minimum absolute atomic E-state index is 0.107. The Morgan fingerprint density at radius 2 is 1.82 bits per heavy atom. The second-order valence-corrected chi connectivity index (χ2v) is 8.74. The normalized spacial score (nSPS) is 12.2. The minimum Gasteiger partial charge on any atom is -0.361 e. The van der Waals surface area contributed by atoms with Gasteiger partial charge in [-0.3, -0.25) is 4.79 Å². The zero-order chi connectivity index (χ0) is 20.1. The van der Waals surface area contributed by atoms with E-state index in [0.29, 0.717) is 13.0 Å². The molecule has 0 aliphatic carbocycles. The van der Waals surface area contributed by atoms with Crippen LogP contribution in [0.2, 0.25) is 0 Å². The highest BCUT2D eigenvalue weighted by Gasteiger charge is 2.23. The number of sulfonamides is 1. The van der Waals surface area contributed by atoms with Crippen LogP contribution in [0.1, 0.15) is 18.1 Å². The van der Waals surface area contributed by atoms with E-state index in [0.717, 1.165) is 22.0 Å². The Labute approximate surface area is 165 Å². The van der Waals surface area contributed by atoms with E-state index in [1.807, 2.05) is 37.4 Å². The quantitative estimate of drug-likeness (QED) is 0.588. The Morgan fingerprint density at radius 3 is 2.54 bits per heavy atom. The molecule has 3 aromatic rings.